The largest absolute Gasteiger partial charge is 0.376 e. The summed E-state index contributed by atoms with van der Waals surface area (Å²) in [6, 6.07) is 32.6. The first-order valence-corrected chi connectivity index (χ1v) is 9.59. The second kappa shape index (κ2) is 7.59. The van der Waals surface area contributed by atoms with Crippen LogP contribution in [0.15, 0.2) is 97.1 Å². The van der Waals surface area contributed by atoms with E-state index < -0.39 is 5.60 Å². The van der Waals surface area contributed by atoms with Gasteiger partial charge in [-0.3, -0.25) is 0 Å². The third-order valence-electron chi connectivity index (χ3n) is 5.23. The average molecular weight is 367 g/mol. The molecule has 1 N–H and O–H groups in total. The Hall–Kier alpha value is -2.94. The van der Waals surface area contributed by atoms with Crippen LogP contribution < -0.4 is 0 Å². The van der Waals surface area contributed by atoms with Crippen LogP contribution in [0, 0.1) is 0 Å². The molecule has 140 valence electrons. The van der Waals surface area contributed by atoms with Crippen LogP contribution in [0.2, 0.25) is 0 Å². The van der Waals surface area contributed by atoms with Crippen LogP contribution in [0.3, 0.4) is 0 Å². The summed E-state index contributed by atoms with van der Waals surface area (Å²) in [5.41, 5.74) is 2.57. The molecule has 0 aliphatic heterocycles. The first kappa shape index (κ1) is 18.4. The van der Waals surface area contributed by atoms with Gasteiger partial charge in [0, 0.05) is 6.54 Å². The van der Waals surface area contributed by atoms with Gasteiger partial charge in [-0.25, -0.2) is 0 Å². The molecule has 0 heterocycles. The van der Waals surface area contributed by atoms with Gasteiger partial charge in [-0.05, 0) is 59.3 Å². The minimum absolute atomic E-state index is 0.752. The fourth-order valence-corrected chi connectivity index (χ4v) is 3.93. The molecule has 2 heteroatoms. The molecule has 4 aromatic carbocycles. The van der Waals surface area contributed by atoms with Crippen molar-refractivity contribution in [1.82, 2.24) is 4.90 Å². The minimum Gasteiger partial charge on any atom is -0.376 e. The van der Waals surface area contributed by atoms with E-state index in [2.05, 4.69) is 49.3 Å². The van der Waals surface area contributed by atoms with Crippen molar-refractivity contribution in [2.75, 3.05) is 14.1 Å². The van der Waals surface area contributed by atoms with E-state index in [0.717, 1.165) is 34.2 Å². The zero-order chi connectivity index (χ0) is 19.6. The lowest BCUT2D eigenvalue weighted by Gasteiger charge is -2.33. The third kappa shape index (κ3) is 3.33. The van der Waals surface area contributed by atoms with E-state index in [-0.39, 0.29) is 0 Å². The number of benzene rings is 4. The van der Waals surface area contributed by atoms with Gasteiger partial charge in [0.05, 0.1) is 0 Å². The highest BCUT2D eigenvalue weighted by molar-refractivity contribution is 5.85. The molecule has 0 unspecified atom stereocenters. The van der Waals surface area contributed by atoms with Gasteiger partial charge in [0.15, 0.2) is 0 Å². The molecule has 0 amide bonds. The van der Waals surface area contributed by atoms with Crippen molar-refractivity contribution in [1.29, 1.82) is 0 Å². The molecule has 0 radical (unpaired) electrons. The van der Waals surface area contributed by atoms with E-state index >= 15 is 0 Å². The Balaban J connectivity index is 2.05. The van der Waals surface area contributed by atoms with Crippen molar-refractivity contribution < 1.29 is 5.11 Å². The normalized spacial score (nSPS) is 11.9. The molecule has 4 aromatic rings. The van der Waals surface area contributed by atoms with Gasteiger partial charge in [-0.2, -0.15) is 0 Å². The van der Waals surface area contributed by atoms with E-state index in [1.807, 2.05) is 66.7 Å². The van der Waals surface area contributed by atoms with Crippen molar-refractivity contribution in [2.24, 2.45) is 0 Å². The molecule has 0 aliphatic carbocycles. The van der Waals surface area contributed by atoms with Crippen LogP contribution in [0.25, 0.3) is 10.8 Å². The summed E-state index contributed by atoms with van der Waals surface area (Å²) < 4.78 is 0. The van der Waals surface area contributed by atoms with Crippen LogP contribution in [0.5, 0.6) is 0 Å². The molecule has 2 nitrogen and oxygen atoms in total. The number of rotatable bonds is 5. The monoisotopic (exact) mass is 367 g/mol. The predicted molar refractivity (Wildman–Crippen MR) is 116 cm³/mol. The SMILES string of the molecule is CN(C)Cc1cc2ccccc2cc1C(O)(c1ccccc1)c1ccccc1. The Kier molecular flexibility index (Phi) is 4.99. The lowest BCUT2D eigenvalue weighted by atomic mass is 9.77. The molecule has 0 fully saturated rings. The maximum atomic E-state index is 12.3. The van der Waals surface area contributed by atoms with Crippen LogP contribution in [0.4, 0.5) is 0 Å². The molecule has 0 aromatic heterocycles. The van der Waals surface area contributed by atoms with E-state index in [4.69, 9.17) is 0 Å². The summed E-state index contributed by atoms with van der Waals surface area (Å²) in [6.45, 7) is 0.752. The van der Waals surface area contributed by atoms with Crippen molar-refractivity contribution in [3.05, 3.63) is 119 Å². The summed E-state index contributed by atoms with van der Waals surface area (Å²) in [5.74, 6) is 0. The Morgan fingerprint density at radius 1 is 0.679 bits per heavy atom. The Morgan fingerprint density at radius 2 is 1.14 bits per heavy atom. The highest BCUT2D eigenvalue weighted by Gasteiger charge is 2.35. The number of hydrogen-bond donors (Lipinski definition) is 1. The van der Waals surface area contributed by atoms with Crippen molar-refractivity contribution in [2.45, 2.75) is 12.1 Å². The third-order valence-corrected chi connectivity index (χ3v) is 5.23. The summed E-state index contributed by atoms with van der Waals surface area (Å²) in [7, 11) is 4.12. The van der Waals surface area contributed by atoms with Gasteiger partial charge in [0.1, 0.15) is 5.60 Å². The zero-order valence-corrected chi connectivity index (χ0v) is 16.3. The Morgan fingerprint density at radius 3 is 1.64 bits per heavy atom. The second-order valence-electron chi connectivity index (χ2n) is 7.54. The fraction of sp³-hybridized carbons (Fsp3) is 0.154. The average Bonchev–Trinajstić information content (AvgIpc) is 2.73. The zero-order valence-electron chi connectivity index (χ0n) is 16.3. The molecule has 0 atom stereocenters. The lowest BCUT2D eigenvalue weighted by molar-refractivity contribution is 0.124. The number of aliphatic hydroxyl groups is 1. The number of fused-ring (bicyclic) bond motifs is 1. The molecule has 4 rings (SSSR count). The first-order valence-electron chi connectivity index (χ1n) is 9.59. The maximum Gasteiger partial charge on any atom is 0.140 e. The van der Waals surface area contributed by atoms with Crippen LogP contribution in [-0.2, 0) is 12.1 Å². The standard InChI is InChI=1S/C26H25NO/c1-27(2)19-22-17-20-11-9-10-12-21(20)18-25(22)26(28,23-13-5-3-6-14-23)24-15-7-4-8-16-24/h3-18,28H,19H2,1-2H3. The highest BCUT2D eigenvalue weighted by atomic mass is 16.3. The summed E-state index contributed by atoms with van der Waals surface area (Å²) in [4.78, 5) is 2.14. The van der Waals surface area contributed by atoms with Gasteiger partial charge in [-0.1, -0.05) is 84.9 Å². The Labute approximate surface area is 166 Å². The number of hydrogen-bond acceptors (Lipinski definition) is 2. The molecule has 0 spiro atoms. The summed E-state index contributed by atoms with van der Waals surface area (Å²) >= 11 is 0. The topological polar surface area (TPSA) is 23.5 Å². The maximum absolute atomic E-state index is 12.3. The van der Waals surface area contributed by atoms with Gasteiger partial charge >= 0.3 is 0 Å². The van der Waals surface area contributed by atoms with E-state index in [1.54, 1.807) is 0 Å². The van der Waals surface area contributed by atoms with Gasteiger partial charge in [0.25, 0.3) is 0 Å². The highest BCUT2D eigenvalue weighted by Crippen LogP contribution is 2.40. The van der Waals surface area contributed by atoms with Gasteiger partial charge in [-0.15, -0.1) is 0 Å². The first-order chi connectivity index (χ1) is 13.6. The lowest BCUT2D eigenvalue weighted by Crippen LogP contribution is -2.31. The molecular formula is C26H25NO. The number of nitrogens with zero attached hydrogens (tertiary/aromatic N) is 1. The summed E-state index contributed by atoms with van der Waals surface area (Å²) in [6.07, 6.45) is 0. The molecular weight excluding hydrogens is 342 g/mol. The second-order valence-corrected chi connectivity index (χ2v) is 7.54. The van der Waals surface area contributed by atoms with Crippen LogP contribution >= 0.6 is 0 Å². The molecule has 0 saturated heterocycles. The van der Waals surface area contributed by atoms with E-state index in [0.29, 0.717) is 0 Å². The molecule has 0 bridgehead atoms. The smallest absolute Gasteiger partial charge is 0.140 e. The van der Waals surface area contributed by atoms with Crippen molar-refractivity contribution in [3.8, 4) is 0 Å². The summed E-state index contributed by atoms with van der Waals surface area (Å²) in [5, 5.41) is 14.6. The van der Waals surface area contributed by atoms with Gasteiger partial charge in [0.2, 0.25) is 0 Å². The van der Waals surface area contributed by atoms with Crippen LogP contribution in [-0.4, -0.2) is 24.1 Å². The van der Waals surface area contributed by atoms with Crippen molar-refractivity contribution in [3.63, 3.8) is 0 Å². The Bertz CT molecular complexity index is 1030. The molecule has 0 saturated carbocycles. The minimum atomic E-state index is -1.22. The van der Waals surface area contributed by atoms with E-state index in [9.17, 15) is 5.11 Å². The van der Waals surface area contributed by atoms with Crippen LogP contribution in [0.1, 0.15) is 22.3 Å². The predicted octanol–water partition coefficient (Wildman–Crippen LogP) is 5.19. The van der Waals surface area contributed by atoms with Crippen molar-refractivity contribution >= 4 is 10.8 Å². The van der Waals surface area contributed by atoms with E-state index in [1.165, 1.54) is 5.39 Å². The molecule has 28 heavy (non-hydrogen) atoms. The molecule has 0 aliphatic rings. The quantitative estimate of drug-likeness (QED) is 0.491. The fourth-order valence-electron chi connectivity index (χ4n) is 3.93. The van der Waals surface area contributed by atoms with Gasteiger partial charge < -0.3 is 10.0 Å².